The van der Waals surface area contributed by atoms with Gasteiger partial charge in [-0.2, -0.15) is 0 Å². The third-order valence-corrected chi connectivity index (χ3v) is 16.8. The number of carbonyl (C=O) groups excluding carboxylic acids is 3. The van der Waals surface area contributed by atoms with Gasteiger partial charge in [-0.3, -0.25) is 14.4 Å². The normalized spacial score (nSPS) is 12.0. The first-order valence-corrected chi connectivity index (χ1v) is 36.2. The van der Waals surface area contributed by atoms with Crippen LogP contribution in [0.4, 0.5) is 0 Å². The molecule has 0 spiro atoms. The van der Waals surface area contributed by atoms with Gasteiger partial charge in [-0.05, 0) is 44.9 Å². The number of hydrogen-bond acceptors (Lipinski definition) is 6. The molecule has 0 saturated carbocycles. The van der Waals surface area contributed by atoms with E-state index in [0.29, 0.717) is 19.3 Å². The molecule has 79 heavy (non-hydrogen) atoms. The first kappa shape index (κ1) is 77.2. The summed E-state index contributed by atoms with van der Waals surface area (Å²) in [6.45, 7) is 6.71. The number of hydrogen-bond donors (Lipinski definition) is 0. The molecule has 0 aromatic carbocycles. The van der Waals surface area contributed by atoms with E-state index in [-0.39, 0.29) is 31.1 Å². The van der Waals surface area contributed by atoms with E-state index in [4.69, 9.17) is 14.2 Å². The Balaban J connectivity index is 4.11. The van der Waals surface area contributed by atoms with Crippen LogP contribution in [0.5, 0.6) is 0 Å². The highest BCUT2D eigenvalue weighted by atomic mass is 16.6. The minimum Gasteiger partial charge on any atom is -0.462 e. The summed E-state index contributed by atoms with van der Waals surface area (Å²) in [6, 6.07) is 0. The molecule has 468 valence electrons. The van der Waals surface area contributed by atoms with Crippen molar-refractivity contribution in [2.24, 2.45) is 0 Å². The van der Waals surface area contributed by atoms with Gasteiger partial charge in [0.2, 0.25) is 0 Å². The fourth-order valence-corrected chi connectivity index (χ4v) is 11.3. The van der Waals surface area contributed by atoms with Crippen LogP contribution < -0.4 is 0 Å². The highest BCUT2D eigenvalue weighted by Gasteiger charge is 2.19. The van der Waals surface area contributed by atoms with E-state index >= 15 is 0 Å². The van der Waals surface area contributed by atoms with Gasteiger partial charge < -0.3 is 14.2 Å². The van der Waals surface area contributed by atoms with Crippen molar-refractivity contribution >= 4 is 17.9 Å². The van der Waals surface area contributed by atoms with Crippen LogP contribution in [0.2, 0.25) is 0 Å². The Morgan fingerprint density at radius 1 is 0.241 bits per heavy atom. The molecule has 0 fully saturated rings. The lowest BCUT2D eigenvalue weighted by molar-refractivity contribution is -0.167. The van der Waals surface area contributed by atoms with Crippen LogP contribution in [0.15, 0.2) is 12.2 Å². The third-order valence-electron chi connectivity index (χ3n) is 16.8. The van der Waals surface area contributed by atoms with Crippen LogP contribution in [0.25, 0.3) is 0 Å². The lowest BCUT2D eigenvalue weighted by Crippen LogP contribution is -2.30. The molecular weight excluding hydrogens is 973 g/mol. The summed E-state index contributed by atoms with van der Waals surface area (Å²) in [5.74, 6) is -0.840. The zero-order chi connectivity index (χ0) is 57.1. The second-order valence-corrected chi connectivity index (χ2v) is 24.9. The Morgan fingerprint density at radius 3 is 0.633 bits per heavy atom. The Morgan fingerprint density at radius 2 is 0.418 bits per heavy atom. The first-order valence-electron chi connectivity index (χ1n) is 36.2. The number of esters is 3. The van der Waals surface area contributed by atoms with Crippen LogP contribution in [-0.4, -0.2) is 37.2 Å². The van der Waals surface area contributed by atoms with Crippen molar-refractivity contribution in [1.29, 1.82) is 0 Å². The van der Waals surface area contributed by atoms with E-state index in [1.54, 1.807) is 0 Å². The number of rotatable bonds is 68. The van der Waals surface area contributed by atoms with Crippen molar-refractivity contribution in [3.63, 3.8) is 0 Å². The Kier molecular flexibility index (Phi) is 67.0. The van der Waals surface area contributed by atoms with E-state index < -0.39 is 6.10 Å². The minimum atomic E-state index is -0.769. The molecule has 6 heteroatoms. The van der Waals surface area contributed by atoms with E-state index in [2.05, 4.69) is 32.9 Å². The maximum absolute atomic E-state index is 12.9. The summed E-state index contributed by atoms with van der Waals surface area (Å²) in [5, 5.41) is 0. The summed E-state index contributed by atoms with van der Waals surface area (Å²) in [6.07, 6.45) is 82.6. The van der Waals surface area contributed by atoms with Crippen molar-refractivity contribution in [2.75, 3.05) is 13.2 Å². The van der Waals surface area contributed by atoms with E-state index in [9.17, 15) is 14.4 Å². The SMILES string of the molecule is CCCCCCC/C=C\CCCCCCCC(=O)OCC(COC(=O)CCCCCCCCCCCCCCCCCCCCCCCCCCCCCCCCC)OC(=O)CCCCCCCCCCCCCCCCCC. The van der Waals surface area contributed by atoms with Crippen molar-refractivity contribution in [3.05, 3.63) is 12.2 Å². The Labute approximate surface area is 494 Å². The summed E-state index contributed by atoms with van der Waals surface area (Å²) >= 11 is 0. The highest BCUT2D eigenvalue weighted by Crippen LogP contribution is 2.19. The van der Waals surface area contributed by atoms with Crippen LogP contribution in [0, 0.1) is 0 Å². The molecule has 0 aliphatic heterocycles. The van der Waals surface area contributed by atoms with Gasteiger partial charge in [-0.15, -0.1) is 0 Å². The number of carbonyl (C=O) groups is 3. The molecule has 0 heterocycles. The van der Waals surface area contributed by atoms with Crippen molar-refractivity contribution in [1.82, 2.24) is 0 Å². The van der Waals surface area contributed by atoms with Crippen LogP contribution in [0.3, 0.4) is 0 Å². The first-order chi connectivity index (χ1) is 39.0. The van der Waals surface area contributed by atoms with Crippen LogP contribution in [-0.2, 0) is 28.6 Å². The molecule has 6 nitrogen and oxygen atoms in total. The Bertz CT molecular complexity index is 1230. The molecular formula is C73H140O6. The van der Waals surface area contributed by atoms with Crippen LogP contribution in [0.1, 0.15) is 419 Å². The molecule has 0 amide bonds. The molecule has 0 N–H and O–H groups in total. The zero-order valence-corrected chi connectivity index (χ0v) is 53.9. The average Bonchev–Trinajstić information content (AvgIpc) is 3.45. The van der Waals surface area contributed by atoms with E-state index in [0.717, 1.165) is 64.2 Å². The molecule has 0 radical (unpaired) electrons. The Hall–Kier alpha value is -1.85. The van der Waals surface area contributed by atoms with Crippen molar-refractivity contribution in [2.45, 2.75) is 425 Å². The topological polar surface area (TPSA) is 78.9 Å². The number of ether oxygens (including phenoxy) is 3. The third kappa shape index (κ3) is 66.8. The molecule has 1 unspecified atom stereocenters. The molecule has 1 atom stereocenters. The van der Waals surface area contributed by atoms with Gasteiger partial charge in [0.05, 0.1) is 0 Å². The summed E-state index contributed by atoms with van der Waals surface area (Å²) in [5.41, 5.74) is 0. The predicted octanol–water partition coefficient (Wildman–Crippen LogP) is 24.8. The van der Waals surface area contributed by atoms with Gasteiger partial charge in [0, 0.05) is 19.3 Å². The van der Waals surface area contributed by atoms with Gasteiger partial charge in [-0.25, -0.2) is 0 Å². The average molecular weight is 1110 g/mol. The lowest BCUT2D eigenvalue weighted by Gasteiger charge is -2.18. The second-order valence-electron chi connectivity index (χ2n) is 24.9. The summed E-state index contributed by atoms with van der Waals surface area (Å²) < 4.78 is 17.0. The van der Waals surface area contributed by atoms with Crippen molar-refractivity contribution in [3.8, 4) is 0 Å². The van der Waals surface area contributed by atoms with Gasteiger partial charge in [0.15, 0.2) is 6.10 Å². The van der Waals surface area contributed by atoms with E-state index in [1.165, 1.54) is 315 Å². The summed E-state index contributed by atoms with van der Waals surface area (Å²) in [4.78, 5) is 38.4. The van der Waals surface area contributed by atoms with Gasteiger partial charge in [0.1, 0.15) is 13.2 Å². The number of unbranched alkanes of at least 4 members (excludes halogenated alkanes) is 55. The van der Waals surface area contributed by atoms with Crippen molar-refractivity contribution < 1.29 is 28.6 Å². The fraction of sp³-hybridized carbons (Fsp3) is 0.932. The highest BCUT2D eigenvalue weighted by molar-refractivity contribution is 5.71. The second kappa shape index (κ2) is 68.6. The predicted molar refractivity (Wildman–Crippen MR) is 344 cm³/mol. The van der Waals surface area contributed by atoms with E-state index in [1.807, 2.05) is 0 Å². The largest absolute Gasteiger partial charge is 0.462 e. The molecule has 0 rings (SSSR count). The lowest BCUT2D eigenvalue weighted by atomic mass is 10.0. The van der Waals surface area contributed by atoms with Gasteiger partial charge >= 0.3 is 17.9 Å². The maximum atomic E-state index is 12.9. The fourth-order valence-electron chi connectivity index (χ4n) is 11.3. The standard InChI is InChI=1S/C73H140O6/c1-4-7-10-13-16-19-22-25-28-30-31-32-33-34-35-36-37-38-39-40-41-42-43-44-46-48-51-54-57-60-63-66-72(75)78-69-70(68-77-71(74)65-62-59-56-53-50-47-27-24-21-18-15-12-9-6-3)79-73(76)67-64-61-58-55-52-49-45-29-26-23-20-17-14-11-8-5-2/h24,27,70H,4-23,25-26,28-69H2,1-3H3/b27-24-. The zero-order valence-electron chi connectivity index (χ0n) is 53.9. The molecule has 0 aliphatic carbocycles. The van der Waals surface area contributed by atoms with Gasteiger partial charge in [-0.1, -0.05) is 367 Å². The smallest absolute Gasteiger partial charge is 0.306 e. The van der Waals surface area contributed by atoms with Crippen LogP contribution >= 0.6 is 0 Å². The molecule has 0 aromatic heterocycles. The molecule has 0 aromatic rings. The monoisotopic (exact) mass is 1110 g/mol. The van der Waals surface area contributed by atoms with Gasteiger partial charge in [0.25, 0.3) is 0 Å². The maximum Gasteiger partial charge on any atom is 0.306 e. The molecule has 0 aliphatic rings. The minimum absolute atomic E-state index is 0.0657. The summed E-state index contributed by atoms with van der Waals surface area (Å²) in [7, 11) is 0. The molecule has 0 saturated heterocycles. The quantitative estimate of drug-likeness (QED) is 0.0261. The number of allylic oxidation sites excluding steroid dienone is 2. The molecule has 0 bridgehead atoms.